The van der Waals surface area contributed by atoms with Gasteiger partial charge in [0, 0.05) is 25.2 Å². The van der Waals surface area contributed by atoms with Crippen LogP contribution in [0.4, 0.5) is 5.82 Å². The van der Waals surface area contributed by atoms with E-state index in [4.69, 9.17) is 4.52 Å². The van der Waals surface area contributed by atoms with Crippen LogP contribution in [0.1, 0.15) is 24.6 Å². The van der Waals surface area contributed by atoms with Gasteiger partial charge in [0.2, 0.25) is 5.91 Å². The van der Waals surface area contributed by atoms with E-state index in [0.29, 0.717) is 18.1 Å². The number of H-pyrrole nitrogens is 1. The standard InChI is InChI=1S/C18H21N5O3/c1-12-10-16(21-26-12)20-17(24)11-22-8-6-13(7-9-22)23-15-5-3-2-4-14(15)19-18(23)25/h2-5,10,13H,6-9,11H2,1H3,(H,19,25)(H,20,21,24). The molecule has 2 aromatic heterocycles. The lowest BCUT2D eigenvalue weighted by molar-refractivity contribution is -0.117. The highest BCUT2D eigenvalue weighted by Crippen LogP contribution is 2.24. The molecule has 26 heavy (non-hydrogen) atoms. The molecule has 1 saturated heterocycles. The summed E-state index contributed by atoms with van der Waals surface area (Å²) in [6.07, 6.45) is 1.66. The Morgan fingerprint density at radius 3 is 2.85 bits per heavy atom. The summed E-state index contributed by atoms with van der Waals surface area (Å²) in [5, 5.41) is 6.50. The second-order valence-electron chi connectivity index (χ2n) is 6.70. The summed E-state index contributed by atoms with van der Waals surface area (Å²) in [5.41, 5.74) is 1.74. The van der Waals surface area contributed by atoms with Crippen LogP contribution in [0.25, 0.3) is 11.0 Å². The zero-order valence-corrected chi connectivity index (χ0v) is 14.6. The maximum absolute atomic E-state index is 12.3. The summed E-state index contributed by atoms with van der Waals surface area (Å²) in [4.78, 5) is 29.5. The smallest absolute Gasteiger partial charge is 0.326 e. The number of hydrogen-bond donors (Lipinski definition) is 2. The molecule has 1 amide bonds. The number of aromatic amines is 1. The van der Waals surface area contributed by atoms with Crippen LogP contribution in [0.3, 0.4) is 0 Å². The van der Waals surface area contributed by atoms with Crippen molar-refractivity contribution >= 4 is 22.8 Å². The first-order valence-corrected chi connectivity index (χ1v) is 8.75. The van der Waals surface area contributed by atoms with Gasteiger partial charge in [-0.25, -0.2) is 4.79 Å². The first-order valence-electron chi connectivity index (χ1n) is 8.75. The molecule has 2 N–H and O–H groups in total. The number of likely N-dealkylation sites (tertiary alicyclic amines) is 1. The van der Waals surface area contributed by atoms with E-state index in [0.717, 1.165) is 37.0 Å². The topological polar surface area (TPSA) is 96.2 Å². The van der Waals surface area contributed by atoms with Gasteiger partial charge >= 0.3 is 5.69 Å². The third kappa shape index (κ3) is 3.28. The molecule has 136 valence electrons. The zero-order chi connectivity index (χ0) is 18.1. The number of carbonyl (C=O) groups is 1. The predicted octanol–water partition coefficient (Wildman–Crippen LogP) is 1.90. The average molecular weight is 355 g/mol. The van der Waals surface area contributed by atoms with E-state index in [2.05, 4.69) is 20.4 Å². The highest BCUT2D eigenvalue weighted by atomic mass is 16.5. The van der Waals surface area contributed by atoms with E-state index >= 15 is 0 Å². The fourth-order valence-electron chi connectivity index (χ4n) is 3.58. The average Bonchev–Trinajstić information content (AvgIpc) is 3.17. The van der Waals surface area contributed by atoms with Crippen molar-refractivity contribution in [2.75, 3.05) is 25.0 Å². The molecule has 8 heteroatoms. The molecule has 1 aliphatic heterocycles. The maximum Gasteiger partial charge on any atom is 0.326 e. The molecule has 0 aliphatic carbocycles. The third-order valence-electron chi connectivity index (χ3n) is 4.81. The molecule has 1 fully saturated rings. The fraction of sp³-hybridized carbons (Fsp3) is 0.389. The number of para-hydroxylation sites is 2. The molecule has 0 radical (unpaired) electrons. The molecule has 0 atom stereocenters. The summed E-state index contributed by atoms with van der Waals surface area (Å²) in [6.45, 7) is 3.62. The summed E-state index contributed by atoms with van der Waals surface area (Å²) in [7, 11) is 0. The number of nitrogens with one attached hydrogen (secondary N) is 2. The molecule has 0 saturated carbocycles. The van der Waals surface area contributed by atoms with Crippen LogP contribution in [0.15, 0.2) is 39.6 Å². The molecule has 0 bridgehead atoms. The van der Waals surface area contributed by atoms with Crippen LogP contribution in [0.2, 0.25) is 0 Å². The lowest BCUT2D eigenvalue weighted by Gasteiger charge is -2.31. The second-order valence-corrected chi connectivity index (χ2v) is 6.70. The Bertz CT molecular complexity index is 978. The molecular weight excluding hydrogens is 334 g/mol. The Kier molecular flexibility index (Phi) is 4.34. The van der Waals surface area contributed by atoms with Gasteiger partial charge in [-0.2, -0.15) is 0 Å². The number of aryl methyl sites for hydroxylation is 1. The number of amides is 1. The summed E-state index contributed by atoms with van der Waals surface area (Å²) in [5.74, 6) is 0.985. The summed E-state index contributed by atoms with van der Waals surface area (Å²) >= 11 is 0. The van der Waals surface area contributed by atoms with Gasteiger partial charge in [-0.3, -0.25) is 14.3 Å². The highest BCUT2D eigenvalue weighted by molar-refractivity contribution is 5.91. The van der Waals surface area contributed by atoms with Gasteiger partial charge in [-0.1, -0.05) is 17.3 Å². The SMILES string of the molecule is Cc1cc(NC(=O)CN2CCC(n3c(=O)[nH]c4ccccc43)CC2)no1. The number of aromatic nitrogens is 3. The first-order chi connectivity index (χ1) is 12.6. The molecule has 1 aliphatic rings. The van der Waals surface area contributed by atoms with Gasteiger partial charge in [0.25, 0.3) is 0 Å². The van der Waals surface area contributed by atoms with Gasteiger partial charge in [-0.05, 0) is 31.9 Å². The van der Waals surface area contributed by atoms with E-state index in [1.54, 1.807) is 13.0 Å². The lowest BCUT2D eigenvalue weighted by atomic mass is 10.0. The van der Waals surface area contributed by atoms with Gasteiger partial charge in [0.1, 0.15) is 5.76 Å². The number of rotatable bonds is 4. The Morgan fingerprint density at radius 2 is 2.12 bits per heavy atom. The van der Waals surface area contributed by atoms with Crippen molar-refractivity contribution in [3.8, 4) is 0 Å². The molecular formula is C18H21N5O3. The number of hydrogen-bond acceptors (Lipinski definition) is 5. The van der Waals surface area contributed by atoms with Gasteiger partial charge in [-0.15, -0.1) is 0 Å². The maximum atomic E-state index is 12.3. The van der Waals surface area contributed by atoms with Crippen LogP contribution >= 0.6 is 0 Å². The van der Waals surface area contributed by atoms with Crippen molar-refractivity contribution in [3.63, 3.8) is 0 Å². The summed E-state index contributed by atoms with van der Waals surface area (Å²) < 4.78 is 6.80. The monoisotopic (exact) mass is 355 g/mol. The molecule has 3 aromatic rings. The van der Waals surface area contributed by atoms with Crippen molar-refractivity contribution in [2.24, 2.45) is 0 Å². The van der Waals surface area contributed by atoms with E-state index in [1.165, 1.54) is 0 Å². The van der Waals surface area contributed by atoms with E-state index in [9.17, 15) is 9.59 Å². The van der Waals surface area contributed by atoms with Gasteiger partial charge in [0.05, 0.1) is 17.6 Å². The Balaban J connectivity index is 1.37. The number of imidazole rings is 1. The normalized spacial score (nSPS) is 16.2. The largest absolute Gasteiger partial charge is 0.360 e. The summed E-state index contributed by atoms with van der Waals surface area (Å²) in [6, 6.07) is 9.58. The number of benzene rings is 1. The number of fused-ring (bicyclic) bond motifs is 1. The minimum Gasteiger partial charge on any atom is -0.360 e. The third-order valence-corrected chi connectivity index (χ3v) is 4.81. The van der Waals surface area contributed by atoms with Crippen molar-refractivity contribution in [2.45, 2.75) is 25.8 Å². The van der Waals surface area contributed by atoms with Crippen molar-refractivity contribution in [1.82, 2.24) is 19.6 Å². The van der Waals surface area contributed by atoms with Crippen LogP contribution in [0.5, 0.6) is 0 Å². The van der Waals surface area contributed by atoms with E-state index in [1.807, 2.05) is 28.8 Å². The molecule has 3 heterocycles. The van der Waals surface area contributed by atoms with E-state index in [-0.39, 0.29) is 17.6 Å². The molecule has 1 aromatic carbocycles. The Morgan fingerprint density at radius 1 is 1.35 bits per heavy atom. The number of anilines is 1. The van der Waals surface area contributed by atoms with Gasteiger partial charge < -0.3 is 14.8 Å². The highest BCUT2D eigenvalue weighted by Gasteiger charge is 2.24. The fourth-order valence-corrected chi connectivity index (χ4v) is 3.58. The minimum absolute atomic E-state index is 0.0659. The van der Waals surface area contributed by atoms with Crippen LogP contribution < -0.4 is 11.0 Å². The van der Waals surface area contributed by atoms with Crippen molar-refractivity contribution in [3.05, 3.63) is 46.6 Å². The second kappa shape index (κ2) is 6.80. The molecule has 8 nitrogen and oxygen atoms in total. The first kappa shape index (κ1) is 16.6. The molecule has 4 rings (SSSR count). The van der Waals surface area contributed by atoms with Gasteiger partial charge in [0.15, 0.2) is 5.82 Å². The predicted molar refractivity (Wildman–Crippen MR) is 97.1 cm³/mol. The number of nitrogens with zero attached hydrogens (tertiary/aromatic N) is 3. The zero-order valence-electron chi connectivity index (χ0n) is 14.6. The lowest BCUT2D eigenvalue weighted by Crippen LogP contribution is -2.41. The van der Waals surface area contributed by atoms with Crippen LogP contribution in [-0.2, 0) is 4.79 Å². The van der Waals surface area contributed by atoms with E-state index < -0.39 is 0 Å². The Hall–Kier alpha value is -2.87. The van der Waals surface area contributed by atoms with Crippen molar-refractivity contribution in [1.29, 1.82) is 0 Å². The quantitative estimate of drug-likeness (QED) is 0.745. The van der Waals surface area contributed by atoms with Crippen LogP contribution in [0, 0.1) is 6.92 Å². The Labute approximate surface area is 149 Å². The molecule has 0 unspecified atom stereocenters. The van der Waals surface area contributed by atoms with Crippen molar-refractivity contribution < 1.29 is 9.32 Å². The number of piperidine rings is 1. The molecule has 0 spiro atoms. The van der Waals surface area contributed by atoms with Crippen LogP contribution in [-0.4, -0.2) is 45.1 Å². The number of carbonyl (C=O) groups excluding carboxylic acids is 1. The minimum atomic E-state index is -0.110.